The van der Waals surface area contributed by atoms with E-state index in [4.69, 9.17) is 0 Å². The summed E-state index contributed by atoms with van der Waals surface area (Å²) in [6.45, 7) is 0. The van der Waals surface area contributed by atoms with Gasteiger partial charge in [0.15, 0.2) is 9.84 Å². The van der Waals surface area contributed by atoms with E-state index in [1.54, 1.807) is 0 Å². The molecular weight excluding hydrogens is 372 g/mol. The predicted octanol–water partition coefficient (Wildman–Crippen LogP) is 4.16. The molecular formula is C17H12F4N2O2S. The molecule has 0 bridgehead atoms. The number of hydrogen-bond donors (Lipinski definition) is 0. The van der Waals surface area contributed by atoms with Crippen LogP contribution in [0.1, 0.15) is 12.1 Å². The predicted molar refractivity (Wildman–Crippen MR) is 87.0 cm³/mol. The zero-order chi connectivity index (χ0) is 19.1. The van der Waals surface area contributed by atoms with Crippen LogP contribution >= 0.6 is 0 Å². The zero-order valence-electron chi connectivity index (χ0n) is 13.3. The number of hydrogen-bond acceptors (Lipinski definition) is 3. The number of halogens is 4. The maximum atomic E-state index is 14.2. The van der Waals surface area contributed by atoms with Crippen LogP contribution in [0.25, 0.3) is 16.9 Å². The molecule has 1 aromatic heterocycles. The maximum Gasteiger partial charge on any atom is 0.282 e. The van der Waals surface area contributed by atoms with Crippen molar-refractivity contribution < 1.29 is 26.0 Å². The van der Waals surface area contributed by atoms with E-state index >= 15 is 0 Å². The molecule has 9 heteroatoms. The van der Waals surface area contributed by atoms with Crippen LogP contribution < -0.4 is 0 Å². The molecule has 3 rings (SSSR count). The van der Waals surface area contributed by atoms with Crippen molar-refractivity contribution in [2.24, 2.45) is 0 Å². The number of rotatable bonds is 4. The lowest BCUT2D eigenvalue weighted by atomic mass is 10.1. The fourth-order valence-electron chi connectivity index (χ4n) is 2.45. The summed E-state index contributed by atoms with van der Waals surface area (Å²) in [5, 5.41) is 3.79. The van der Waals surface area contributed by atoms with Crippen LogP contribution in [-0.4, -0.2) is 24.5 Å². The second kappa shape index (κ2) is 6.56. The topological polar surface area (TPSA) is 52.0 Å². The van der Waals surface area contributed by atoms with Crippen molar-refractivity contribution in [3.05, 3.63) is 65.9 Å². The molecule has 0 amide bonds. The van der Waals surface area contributed by atoms with Gasteiger partial charge in [0, 0.05) is 11.8 Å². The van der Waals surface area contributed by atoms with Gasteiger partial charge in [-0.3, -0.25) is 0 Å². The van der Waals surface area contributed by atoms with E-state index in [1.165, 1.54) is 18.2 Å². The van der Waals surface area contributed by atoms with Gasteiger partial charge in [0.2, 0.25) is 0 Å². The molecule has 0 radical (unpaired) electrons. The van der Waals surface area contributed by atoms with Gasteiger partial charge in [-0.25, -0.2) is 30.7 Å². The van der Waals surface area contributed by atoms with Crippen LogP contribution in [0.15, 0.2) is 53.4 Å². The highest BCUT2D eigenvalue weighted by atomic mass is 32.2. The summed E-state index contributed by atoms with van der Waals surface area (Å²) in [7, 11) is -3.77. The van der Waals surface area contributed by atoms with Gasteiger partial charge in [-0.05, 0) is 42.5 Å². The lowest BCUT2D eigenvalue weighted by molar-refractivity contribution is 0.145. The van der Waals surface area contributed by atoms with Crippen molar-refractivity contribution in [3.63, 3.8) is 0 Å². The third-order valence-corrected chi connectivity index (χ3v) is 4.78. The molecule has 0 unspecified atom stereocenters. The number of alkyl halides is 2. The number of nitrogens with zero attached hydrogens (tertiary/aromatic N) is 2. The second-order valence-corrected chi connectivity index (χ2v) is 7.54. The van der Waals surface area contributed by atoms with E-state index < -0.39 is 38.5 Å². The largest absolute Gasteiger partial charge is 0.282 e. The van der Waals surface area contributed by atoms with Gasteiger partial charge in [-0.2, -0.15) is 5.10 Å². The molecule has 0 fully saturated rings. The Hall–Kier alpha value is -2.68. The van der Waals surface area contributed by atoms with Crippen LogP contribution in [0, 0.1) is 11.6 Å². The summed E-state index contributed by atoms with van der Waals surface area (Å²) in [5.41, 5.74) is 0.0160. The monoisotopic (exact) mass is 384 g/mol. The highest BCUT2D eigenvalue weighted by molar-refractivity contribution is 7.90. The quantitative estimate of drug-likeness (QED) is 0.635. The van der Waals surface area contributed by atoms with Crippen LogP contribution in [0.5, 0.6) is 0 Å². The first-order valence-corrected chi connectivity index (χ1v) is 9.20. The van der Waals surface area contributed by atoms with Crippen molar-refractivity contribution >= 4 is 9.84 Å². The van der Waals surface area contributed by atoms with E-state index in [1.807, 2.05) is 0 Å². The highest BCUT2D eigenvalue weighted by Crippen LogP contribution is 2.30. The third kappa shape index (κ3) is 3.48. The molecule has 0 aliphatic carbocycles. The lowest BCUT2D eigenvalue weighted by Gasteiger charge is -2.09. The van der Waals surface area contributed by atoms with Crippen molar-refractivity contribution in [1.29, 1.82) is 0 Å². The highest BCUT2D eigenvalue weighted by Gasteiger charge is 2.20. The molecule has 0 saturated heterocycles. The van der Waals surface area contributed by atoms with Gasteiger partial charge in [0.05, 0.1) is 11.4 Å². The molecule has 2 aromatic carbocycles. The van der Waals surface area contributed by atoms with Gasteiger partial charge in [-0.15, -0.1) is 0 Å². The summed E-state index contributed by atoms with van der Waals surface area (Å²) in [5.74, 6) is -1.52. The fourth-order valence-corrected chi connectivity index (χ4v) is 3.18. The van der Waals surface area contributed by atoms with E-state index in [9.17, 15) is 26.0 Å². The molecule has 0 aliphatic rings. The molecule has 1 heterocycles. The molecule has 0 N–H and O–H groups in total. The first-order valence-electron chi connectivity index (χ1n) is 7.31. The Kier molecular flexibility index (Phi) is 4.57. The Morgan fingerprint density at radius 3 is 2.19 bits per heavy atom. The summed E-state index contributed by atoms with van der Waals surface area (Å²) in [6.07, 6.45) is -2.00. The Balaban J connectivity index is 2.18. The molecule has 0 spiro atoms. The molecule has 136 valence electrons. The van der Waals surface area contributed by atoms with Gasteiger partial charge in [0.1, 0.15) is 22.2 Å². The lowest BCUT2D eigenvalue weighted by Crippen LogP contribution is -2.03. The van der Waals surface area contributed by atoms with E-state index in [2.05, 4.69) is 5.10 Å². The second-order valence-electron chi connectivity index (χ2n) is 5.56. The number of sulfone groups is 1. The van der Waals surface area contributed by atoms with E-state index in [0.717, 1.165) is 41.3 Å². The SMILES string of the molecule is CS(=O)(=O)c1ccc(-c2cc(C(F)F)nn2-c2ccc(F)cc2)cc1F. The molecule has 0 saturated carbocycles. The van der Waals surface area contributed by atoms with Gasteiger partial charge in [-0.1, -0.05) is 6.07 Å². The Morgan fingerprint density at radius 1 is 1.00 bits per heavy atom. The van der Waals surface area contributed by atoms with Crippen molar-refractivity contribution in [2.45, 2.75) is 11.3 Å². The summed E-state index contributed by atoms with van der Waals surface area (Å²) in [4.78, 5) is -0.497. The van der Waals surface area contributed by atoms with Crippen molar-refractivity contribution in [2.75, 3.05) is 6.26 Å². The Bertz CT molecular complexity index is 1060. The Labute approximate surface area is 146 Å². The standard InChI is InChI=1S/C17H12F4N2O2S/c1-26(24,25)16-7-2-10(8-13(16)19)15-9-14(17(20)21)22-23(15)12-5-3-11(18)4-6-12/h2-9,17H,1H3. The molecule has 0 atom stereocenters. The summed E-state index contributed by atoms with van der Waals surface area (Å²) >= 11 is 0. The molecule has 3 aromatic rings. The smallest absolute Gasteiger partial charge is 0.233 e. The number of benzene rings is 2. The zero-order valence-corrected chi connectivity index (χ0v) is 14.1. The summed E-state index contributed by atoms with van der Waals surface area (Å²) < 4.78 is 77.6. The normalized spacial score (nSPS) is 11.9. The van der Waals surface area contributed by atoms with E-state index in [0.29, 0.717) is 5.69 Å². The van der Waals surface area contributed by atoms with Gasteiger partial charge >= 0.3 is 0 Å². The van der Waals surface area contributed by atoms with Gasteiger partial charge in [0.25, 0.3) is 6.43 Å². The van der Waals surface area contributed by atoms with Gasteiger partial charge < -0.3 is 0 Å². The average Bonchev–Trinajstić information content (AvgIpc) is 3.00. The van der Waals surface area contributed by atoms with Crippen molar-refractivity contribution in [1.82, 2.24) is 9.78 Å². The minimum absolute atomic E-state index is 0.117. The average molecular weight is 384 g/mol. The third-order valence-electron chi connectivity index (χ3n) is 3.65. The first kappa shape index (κ1) is 18.1. The maximum absolute atomic E-state index is 14.2. The fraction of sp³-hybridized carbons (Fsp3) is 0.118. The minimum atomic E-state index is -3.77. The van der Waals surface area contributed by atoms with Crippen molar-refractivity contribution in [3.8, 4) is 16.9 Å². The summed E-state index contributed by atoms with van der Waals surface area (Å²) in [6, 6.07) is 9.30. The first-order chi connectivity index (χ1) is 12.2. The minimum Gasteiger partial charge on any atom is -0.233 e. The van der Waals surface area contributed by atoms with Crippen LogP contribution in [0.3, 0.4) is 0 Å². The molecule has 0 aliphatic heterocycles. The van der Waals surface area contributed by atoms with Crippen LogP contribution in [0.4, 0.5) is 17.6 Å². The molecule has 26 heavy (non-hydrogen) atoms. The van der Waals surface area contributed by atoms with Crippen LogP contribution in [-0.2, 0) is 9.84 Å². The number of aromatic nitrogens is 2. The van der Waals surface area contributed by atoms with Crippen LogP contribution in [0.2, 0.25) is 0 Å². The molecule has 4 nitrogen and oxygen atoms in total. The Morgan fingerprint density at radius 2 is 1.65 bits per heavy atom. The van der Waals surface area contributed by atoms with E-state index in [-0.39, 0.29) is 11.3 Å².